The number of pyridine rings is 1. The molecule has 0 amide bonds. The molecular formula is C18H20N4O2. The van der Waals surface area contributed by atoms with Crippen molar-refractivity contribution in [3.05, 3.63) is 60.2 Å². The molecular weight excluding hydrogens is 304 g/mol. The average Bonchev–Trinajstić information content (AvgIpc) is 3.20. The number of nitrogens with one attached hydrogen (secondary N) is 1. The van der Waals surface area contributed by atoms with Gasteiger partial charge in [-0.15, -0.1) is 0 Å². The predicted octanol–water partition coefficient (Wildman–Crippen LogP) is 2.18. The van der Waals surface area contributed by atoms with Crippen LogP contribution >= 0.6 is 0 Å². The highest BCUT2D eigenvalue weighted by molar-refractivity contribution is 5.51. The Morgan fingerprint density at radius 2 is 2.17 bits per heavy atom. The standard InChI is InChI=1S/C18H20N4O2/c1-22-8-4-5-15(22)11-20-18(12-23-13-18)10-14-9-17(24-21-14)16-6-2-3-7-19-16/h2-9,20H,10-13H2,1H3. The van der Waals surface area contributed by atoms with Gasteiger partial charge < -0.3 is 19.1 Å². The molecule has 4 heterocycles. The van der Waals surface area contributed by atoms with E-state index < -0.39 is 0 Å². The van der Waals surface area contributed by atoms with Gasteiger partial charge in [0.15, 0.2) is 5.76 Å². The van der Waals surface area contributed by atoms with Gasteiger partial charge in [0.05, 0.1) is 24.4 Å². The summed E-state index contributed by atoms with van der Waals surface area (Å²) in [5, 5.41) is 7.84. The summed E-state index contributed by atoms with van der Waals surface area (Å²) in [6, 6.07) is 11.9. The molecule has 4 rings (SSSR count). The molecule has 24 heavy (non-hydrogen) atoms. The molecule has 1 aliphatic rings. The highest BCUT2D eigenvalue weighted by atomic mass is 16.5. The van der Waals surface area contributed by atoms with Gasteiger partial charge in [-0.3, -0.25) is 4.98 Å². The van der Waals surface area contributed by atoms with Crippen molar-refractivity contribution >= 4 is 0 Å². The fourth-order valence-electron chi connectivity index (χ4n) is 2.94. The van der Waals surface area contributed by atoms with Gasteiger partial charge in [-0.25, -0.2) is 0 Å². The second-order valence-corrected chi connectivity index (χ2v) is 6.31. The molecule has 3 aromatic rings. The van der Waals surface area contributed by atoms with E-state index in [9.17, 15) is 0 Å². The first-order chi connectivity index (χ1) is 11.7. The lowest BCUT2D eigenvalue weighted by Crippen LogP contribution is -2.61. The van der Waals surface area contributed by atoms with Crippen molar-refractivity contribution < 1.29 is 9.26 Å². The summed E-state index contributed by atoms with van der Waals surface area (Å²) in [6.07, 6.45) is 4.58. The highest BCUT2D eigenvalue weighted by Crippen LogP contribution is 2.25. The molecule has 0 atom stereocenters. The zero-order chi connectivity index (χ0) is 16.4. The van der Waals surface area contributed by atoms with Crippen LogP contribution in [0.3, 0.4) is 0 Å². The van der Waals surface area contributed by atoms with Crippen molar-refractivity contribution in [2.75, 3.05) is 13.2 Å². The first-order valence-electron chi connectivity index (χ1n) is 8.04. The Hall–Kier alpha value is -2.44. The molecule has 1 N–H and O–H groups in total. The molecule has 0 unspecified atom stereocenters. The lowest BCUT2D eigenvalue weighted by molar-refractivity contribution is -0.0757. The average molecular weight is 324 g/mol. The summed E-state index contributed by atoms with van der Waals surface area (Å²) < 4.78 is 13.0. The van der Waals surface area contributed by atoms with Crippen molar-refractivity contribution in [2.24, 2.45) is 7.05 Å². The third-order valence-corrected chi connectivity index (χ3v) is 4.45. The fourth-order valence-corrected chi connectivity index (χ4v) is 2.94. The van der Waals surface area contributed by atoms with Crippen LogP contribution in [0.25, 0.3) is 11.5 Å². The number of rotatable bonds is 6. The Morgan fingerprint density at radius 3 is 2.83 bits per heavy atom. The molecule has 1 aliphatic heterocycles. The summed E-state index contributed by atoms with van der Waals surface area (Å²) in [4.78, 5) is 4.30. The summed E-state index contributed by atoms with van der Waals surface area (Å²) in [7, 11) is 2.05. The van der Waals surface area contributed by atoms with Crippen LogP contribution in [0.15, 0.2) is 53.3 Å². The van der Waals surface area contributed by atoms with Gasteiger partial charge in [0, 0.05) is 44.2 Å². The number of hydrogen-bond donors (Lipinski definition) is 1. The third-order valence-electron chi connectivity index (χ3n) is 4.45. The Bertz CT molecular complexity index is 805. The zero-order valence-electron chi connectivity index (χ0n) is 13.6. The van der Waals surface area contributed by atoms with E-state index in [0.29, 0.717) is 19.0 Å². The second-order valence-electron chi connectivity index (χ2n) is 6.31. The zero-order valence-corrected chi connectivity index (χ0v) is 13.6. The van der Waals surface area contributed by atoms with E-state index in [2.05, 4.69) is 45.4 Å². The Labute approximate surface area is 140 Å². The van der Waals surface area contributed by atoms with E-state index in [-0.39, 0.29) is 5.54 Å². The molecule has 0 radical (unpaired) electrons. The quantitative estimate of drug-likeness (QED) is 0.753. The minimum atomic E-state index is -0.0808. The van der Waals surface area contributed by atoms with Crippen LogP contribution in [-0.4, -0.2) is 33.5 Å². The summed E-state index contributed by atoms with van der Waals surface area (Å²) >= 11 is 0. The normalized spacial score (nSPS) is 16.0. The molecule has 0 spiro atoms. The van der Waals surface area contributed by atoms with E-state index >= 15 is 0 Å². The van der Waals surface area contributed by atoms with Gasteiger partial charge in [-0.2, -0.15) is 0 Å². The summed E-state index contributed by atoms with van der Waals surface area (Å²) in [5.74, 6) is 0.698. The number of aryl methyl sites for hydroxylation is 1. The van der Waals surface area contributed by atoms with Gasteiger partial charge in [-0.05, 0) is 24.3 Å². The molecule has 0 aliphatic carbocycles. The second kappa shape index (κ2) is 6.22. The lowest BCUT2D eigenvalue weighted by atomic mass is 9.91. The third kappa shape index (κ3) is 2.98. The van der Waals surface area contributed by atoms with Crippen LogP contribution < -0.4 is 5.32 Å². The van der Waals surface area contributed by atoms with E-state index in [1.165, 1.54) is 5.69 Å². The van der Waals surface area contributed by atoms with Crippen molar-refractivity contribution in [1.29, 1.82) is 0 Å². The predicted molar refractivity (Wildman–Crippen MR) is 89.2 cm³/mol. The van der Waals surface area contributed by atoms with Gasteiger partial charge in [-0.1, -0.05) is 11.2 Å². The van der Waals surface area contributed by atoms with E-state index in [1.54, 1.807) is 6.20 Å². The number of ether oxygens (including phenoxy) is 1. The molecule has 6 nitrogen and oxygen atoms in total. The van der Waals surface area contributed by atoms with Crippen molar-refractivity contribution in [1.82, 2.24) is 20.0 Å². The first-order valence-corrected chi connectivity index (χ1v) is 8.04. The Morgan fingerprint density at radius 1 is 1.25 bits per heavy atom. The largest absolute Gasteiger partial charge is 0.377 e. The van der Waals surface area contributed by atoms with Crippen molar-refractivity contribution in [3.63, 3.8) is 0 Å². The van der Waals surface area contributed by atoms with Crippen LogP contribution in [0, 0.1) is 0 Å². The molecule has 0 saturated carbocycles. The maximum absolute atomic E-state index is 5.46. The molecule has 1 fully saturated rings. The van der Waals surface area contributed by atoms with Gasteiger partial charge in [0.1, 0.15) is 5.69 Å². The van der Waals surface area contributed by atoms with E-state index in [4.69, 9.17) is 9.26 Å². The SMILES string of the molecule is Cn1cccc1CNC1(Cc2cc(-c3ccccn3)on2)COC1. The van der Waals surface area contributed by atoms with Crippen LogP contribution in [0.2, 0.25) is 0 Å². The summed E-state index contributed by atoms with van der Waals surface area (Å²) in [5.41, 5.74) is 2.88. The topological polar surface area (TPSA) is 65.1 Å². The lowest BCUT2D eigenvalue weighted by Gasteiger charge is -2.42. The van der Waals surface area contributed by atoms with Crippen LogP contribution in [0.5, 0.6) is 0 Å². The van der Waals surface area contributed by atoms with Gasteiger partial charge >= 0.3 is 0 Å². The molecule has 124 valence electrons. The highest BCUT2D eigenvalue weighted by Gasteiger charge is 2.39. The molecule has 0 aromatic carbocycles. The number of aromatic nitrogens is 3. The Kier molecular flexibility index (Phi) is 3.92. The van der Waals surface area contributed by atoms with Crippen molar-refractivity contribution in [3.8, 4) is 11.5 Å². The van der Waals surface area contributed by atoms with Crippen LogP contribution in [0.1, 0.15) is 11.4 Å². The molecule has 6 heteroatoms. The minimum Gasteiger partial charge on any atom is -0.377 e. The van der Waals surface area contributed by atoms with Gasteiger partial charge in [0.2, 0.25) is 0 Å². The van der Waals surface area contributed by atoms with E-state index in [1.807, 2.05) is 24.3 Å². The van der Waals surface area contributed by atoms with Crippen LogP contribution in [-0.2, 0) is 24.8 Å². The fraction of sp³-hybridized carbons (Fsp3) is 0.333. The molecule has 1 saturated heterocycles. The maximum atomic E-state index is 5.46. The molecule has 0 bridgehead atoms. The van der Waals surface area contributed by atoms with E-state index in [0.717, 1.165) is 24.4 Å². The Balaban J connectivity index is 1.45. The van der Waals surface area contributed by atoms with Crippen molar-refractivity contribution in [2.45, 2.75) is 18.5 Å². The maximum Gasteiger partial charge on any atom is 0.185 e. The minimum absolute atomic E-state index is 0.0808. The monoisotopic (exact) mass is 324 g/mol. The number of nitrogens with zero attached hydrogens (tertiary/aromatic N) is 3. The number of hydrogen-bond acceptors (Lipinski definition) is 5. The first kappa shape index (κ1) is 15.1. The van der Waals surface area contributed by atoms with Crippen LogP contribution in [0.4, 0.5) is 0 Å². The smallest absolute Gasteiger partial charge is 0.185 e. The van der Waals surface area contributed by atoms with Gasteiger partial charge in [0.25, 0.3) is 0 Å². The summed E-state index contributed by atoms with van der Waals surface area (Å²) in [6.45, 7) is 2.17. The molecule has 3 aromatic heterocycles.